The SMILES string of the molecule is COC(=O)C[C@H](C1=C(O)C(=O)C([C@H](CC(=O)OC)c2ccc(OC)c(OC)c2OC)=C(O)C1=O)c1ccc(OC)c(OC)c1OC. The molecule has 0 aromatic heterocycles. The van der Waals surface area contributed by atoms with Gasteiger partial charge in [-0.15, -0.1) is 0 Å². The minimum atomic E-state index is -1.38. The lowest BCUT2D eigenvalue weighted by molar-refractivity contribution is -0.142. The molecular weight excluding hydrogens is 608 g/mol. The van der Waals surface area contributed by atoms with Gasteiger partial charge >= 0.3 is 11.9 Å². The van der Waals surface area contributed by atoms with E-state index in [1.807, 2.05) is 0 Å². The molecule has 14 heteroatoms. The fourth-order valence-corrected chi connectivity index (χ4v) is 5.39. The van der Waals surface area contributed by atoms with E-state index in [4.69, 9.17) is 37.9 Å². The van der Waals surface area contributed by atoms with E-state index in [-0.39, 0.29) is 45.6 Å². The van der Waals surface area contributed by atoms with E-state index in [2.05, 4.69) is 0 Å². The minimum absolute atomic E-state index is 0.0317. The van der Waals surface area contributed by atoms with Crippen molar-refractivity contribution in [2.24, 2.45) is 0 Å². The molecule has 0 amide bonds. The smallest absolute Gasteiger partial charge is 0.306 e. The maximum Gasteiger partial charge on any atom is 0.306 e. The predicted molar refractivity (Wildman–Crippen MR) is 160 cm³/mol. The van der Waals surface area contributed by atoms with Gasteiger partial charge in [0.1, 0.15) is 0 Å². The molecular formula is C32H36O14. The monoisotopic (exact) mass is 644 g/mol. The molecule has 0 saturated carbocycles. The number of aliphatic hydroxyl groups is 2. The number of benzene rings is 2. The summed E-state index contributed by atoms with van der Waals surface area (Å²) in [7, 11) is 10.3. The summed E-state index contributed by atoms with van der Waals surface area (Å²) in [6, 6.07) is 5.86. The van der Waals surface area contributed by atoms with Crippen LogP contribution < -0.4 is 28.4 Å². The highest BCUT2D eigenvalue weighted by Crippen LogP contribution is 2.50. The third kappa shape index (κ3) is 6.36. The van der Waals surface area contributed by atoms with Gasteiger partial charge in [-0.1, -0.05) is 12.1 Å². The minimum Gasteiger partial charge on any atom is -0.504 e. The van der Waals surface area contributed by atoms with Crippen LogP contribution in [0.25, 0.3) is 0 Å². The summed E-state index contributed by atoms with van der Waals surface area (Å²) in [5.74, 6) is -8.12. The lowest BCUT2D eigenvalue weighted by Crippen LogP contribution is -2.31. The van der Waals surface area contributed by atoms with Crippen LogP contribution in [0.15, 0.2) is 46.9 Å². The largest absolute Gasteiger partial charge is 0.504 e. The maximum absolute atomic E-state index is 14.0. The van der Waals surface area contributed by atoms with Crippen LogP contribution in [0.5, 0.6) is 34.5 Å². The van der Waals surface area contributed by atoms with E-state index < -0.39 is 70.8 Å². The van der Waals surface area contributed by atoms with Gasteiger partial charge < -0.3 is 48.1 Å². The first-order chi connectivity index (χ1) is 22.0. The molecule has 2 aromatic rings. The van der Waals surface area contributed by atoms with Crippen molar-refractivity contribution in [1.29, 1.82) is 0 Å². The number of hydrogen-bond donors (Lipinski definition) is 2. The topological polar surface area (TPSA) is 183 Å². The summed E-state index contributed by atoms with van der Waals surface area (Å²) in [6.45, 7) is 0. The Morgan fingerprint density at radius 3 is 1.13 bits per heavy atom. The van der Waals surface area contributed by atoms with E-state index >= 15 is 0 Å². The summed E-state index contributed by atoms with van der Waals surface area (Å²) >= 11 is 0. The second-order valence-corrected chi connectivity index (χ2v) is 9.70. The van der Waals surface area contributed by atoms with Crippen molar-refractivity contribution in [3.05, 3.63) is 58.1 Å². The van der Waals surface area contributed by atoms with Gasteiger partial charge in [-0.05, 0) is 12.1 Å². The number of ether oxygens (including phenoxy) is 8. The van der Waals surface area contributed by atoms with Gasteiger partial charge in [0.25, 0.3) is 0 Å². The lowest BCUT2D eigenvalue weighted by atomic mass is 9.75. The lowest BCUT2D eigenvalue weighted by Gasteiger charge is -2.29. The molecule has 0 aliphatic heterocycles. The molecule has 0 saturated heterocycles. The number of carbonyl (C=O) groups is 4. The first-order valence-corrected chi connectivity index (χ1v) is 13.7. The molecule has 1 aliphatic rings. The maximum atomic E-state index is 14.0. The van der Waals surface area contributed by atoms with Gasteiger partial charge in [-0.3, -0.25) is 19.2 Å². The van der Waals surface area contributed by atoms with Crippen LogP contribution in [0, 0.1) is 0 Å². The summed E-state index contributed by atoms with van der Waals surface area (Å²) in [5.41, 5.74) is -0.953. The van der Waals surface area contributed by atoms with Crippen molar-refractivity contribution in [3.63, 3.8) is 0 Å². The van der Waals surface area contributed by atoms with Crippen LogP contribution in [-0.4, -0.2) is 90.6 Å². The summed E-state index contributed by atoms with van der Waals surface area (Å²) in [5, 5.41) is 22.8. The molecule has 0 bridgehead atoms. The van der Waals surface area contributed by atoms with Crippen LogP contribution in [-0.2, 0) is 28.7 Å². The molecule has 14 nitrogen and oxygen atoms in total. The number of rotatable bonds is 14. The summed E-state index contributed by atoms with van der Waals surface area (Å²) in [6.07, 6.45) is -1.11. The normalized spacial score (nSPS) is 14.3. The van der Waals surface area contributed by atoms with Crippen molar-refractivity contribution < 1.29 is 67.3 Å². The Morgan fingerprint density at radius 2 is 0.870 bits per heavy atom. The van der Waals surface area contributed by atoms with Crippen molar-refractivity contribution >= 4 is 23.5 Å². The van der Waals surface area contributed by atoms with Crippen molar-refractivity contribution in [1.82, 2.24) is 0 Å². The summed E-state index contributed by atoms with van der Waals surface area (Å²) < 4.78 is 42.3. The van der Waals surface area contributed by atoms with Gasteiger partial charge in [-0.2, -0.15) is 0 Å². The van der Waals surface area contributed by atoms with E-state index in [1.165, 1.54) is 66.9 Å². The van der Waals surface area contributed by atoms with Crippen LogP contribution in [0.2, 0.25) is 0 Å². The Hall–Kier alpha value is -5.40. The highest BCUT2D eigenvalue weighted by molar-refractivity contribution is 6.24. The molecule has 0 radical (unpaired) electrons. The molecule has 0 spiro atoms. The number of carbonyl (C=O) groups excluding carboxylic acids is 4. The Labute approximate surface area is 265 Å². The van der Waals surface area contributed by atoms with Crippen molar-refractivity contribution in [2.75, 3.05) is 56.9 Å². The number of aliphatic hydroxyl groups excluding tert-OH is 2. The second-order valence-electron chi connectivity index (χ2n) is 9.70. The van der Waals surface area contributed by atoms with Gasteiger partial charge in [0.05, 0.1) is 80.9 Å². The number of ketones is 2. The number of esters is 2. The Morgan fingerprint density at radius 1 is 0.543 bits per heavy atom. The summed E-state index contributed by atoms with van der Waals surface area (Å²) in [4.78, 5) is 53.2. The van der Waals surface area contributed by atoms with Gasteiger partial charge in [0.15, 0.2) is 34.5 Å². The van der Waals surface area contributed by atoms with Gasteiger partial charge in [0, 0.05) is 23.0 Å². The zero-order chi connectivity index (χ0) is 34.3. The molecule has 46 heavy (non-hydrogen) atoms. The van der Waals surface area contributed by atoms with Crippen LogP contribution in [0.3, 0.4) is 0 Å². The number of methoxy groups -OCH3 is 8. The first kappa shape index (κ1) is 35.1. The quantitative estimate of drug-likeness (QED) is 0.225. The molecule has 0 fully saturated rings. The van der Waals surface area contributed by atoms with Crippen molar-refractivity contribution in [3.8, 4) is 34.5 Å². The molecule has 2 atom stereocenters. The Kier molecular flexibility index (Phi) is 11.5. The fourth-order valence-electron chi connectivity index (χ4n) is 5.39. The van der Waals surface area contributed by atoms with Crippen LogP contribution in [0.1, 0.15) is 35.8 Å². The van der Waals surface area contributed by atoms with E-state index in [0.717, 1.165) is 14.2 Å². The van der Waals surface area contributed by atoms with Gasteiger partial charge in [0.2, 0.25) is 23.1 Å². The fraction of sp³-hybridized carbons (Fsp3) is 0.375. The first-order valence-electron chi connectivity index (χ1n) is 13.7. The standard InChI is InChI=1S/C32H36O14/c1-39-19-11-9-15(29(43-5)31(19)45-7)17(13-21(33)41-3)23-25(35)27(37)24(28(38)26(23)36)18(14-22(34)42-4)16-10-12-20(40-2)32(46-8)30(16)44-6/h9-12,17-18,35,38H,13-14H2,1-8H3/t17-,18+. The molecule has 3 rings (SSSR count). The molecule has 2 N–H and O–H groups in total. The molecule has 0 heterocycles. The highest BCUT2D eigenvalue weighted by atomic mass is 16.5. The second kappa shape index (κ2) is 15.1. The zero-order valence-corrected chi connectivity index (χ0v) is 26.7. The Balaban J connectivity index is 2.32. The van der Waals surface area contributed by atoms with Crippen LogP contribution in [0.4, 0.5) is 0 Å². The van der Waals surface area contributed by atoms with Crippen LogP contribution >= 0.6 is 0 Å². The molecule has 248 valence electrons. The average molecular weight is 645 g/mol. The zero-order valence-electron chi connectivity index (χ0n) is 26.7. The number of allylic oxidation sites excluding steroid dienone is 2. The predicted octanol–water partition coefficient (Wildman–Crippen LogP) is 3.51. The highest BCUT2D eigenvalue weighted by Gasteiger charge is 2.45. The molecule has 0 unspecified atom stereocenters. The molecule has 2 aromatic carbocycles. The van der Waals surface area contributed by atoms with E-state index in [9.17, 15) is 29.4 Å². The number of hydrogen-bond acceptors (Lipinski definition) is 14. The van der Waals surface area contributed by atoms with Crippen molar-refractivity contribution in [2.45, 2.75) is 24.7 Å². The number of Topliss-reactive ketones (excluding diaryl/α,β-unsaturated/α-hetero) is 2. The third-order valence-corrected chi connectivity index (χ3v) is 7.54. The third-order valence-electron chi connectivity index (χ3n) is 7.54. The average Bonchev–Trinajstić information content (AvgIpc) is 3.07. The van der Waals surface area contributed by atoms with E-state index in [0.29, 0.717) is 0 Å². The van der Waals surface area contributed by atoms with E-state index in [1.54, 1.807) is 0 Å². The molecule has 1 aliphatic carbocycles. The van der Waals surface area contributed by atoms with Gasteiger partial charge in [-0.25, -0.2) is 0 Å². The Bertz CT molecular complexity index is 1470.